The standard InChI is InChI=1S/C19H21F3N2O4/c1-11-15(17(25)27-2)16(13-7-3-4-8-14(13)19(20,21)22)23-18(26)24(11)10-12-6-5-9-28-12/h3-4,7-8,12,16H,5-6,9-10H2,1-2H3,(H,23,26)/t12-,16-/m1/s1. The van der Waals surface area contributed by atoms with Gasteiger partial charge in [-0.05, 0) is 31.4 Å². The van der Waals surface area contributed by atoms with Gasteiger partial charge < -0.3 is 14.8 Å². The summed E-state index contributed by atoms with van der Waals surface area (Å²) in [7, 11) is 1.15. The van der Waals surface area contributed by atoms with Crippen molar-refractivity contribution in [3.05, 3.63) is 46.7 Å². The number of amides is 2. The van der Waals surface area contributed by atoms with E-state index in [0.717, 1.165) is 26.0 Å². The highest BCUT2D eigenvalue weighted by Gasteiger charge is 2.42. The summed E-state index contributed by atoms with van der Waals surface area (Å²) in [6.07, 6.45) is -3.18. The molecule has 2 heterocycles. The average molecular weight is 398 g/mol. The predicted octanol–water partition coefficient (Wildman–Crippen LogP) is 3.40. The van der Waals surface area contributed by atoms with Crippen molar-refractivity contribution in [2.75, 3.05) is 20.3 Å². The number of halogens is 3. The summed E-state index contributed by atoms with van der Waals surface area (Å²) in [5.41, 5.74) is -0.896. The second-order valence-corrected chi connectivity index (χ2v) is 6.70. The van der Waals surface area contributed by atoms with Crippen LogP contribution in [-0.2, 0) is 20.4 Å². The lowest BCUT2D eigenvalue weighted by molar-refractivity contribution is -0.140. The number of nitrogens with one attached hydrogen (secondary N) is 1. The molecule has 28 heavy (non-hydrogen) atoms. The molecule has 1 aromatic carbocycles. The Morgan fingerprint density at radius 2 is 2.07 bits per heavy atom. The van der Waals surface area contributed by atoms with Crippen molar-refractivity contribution in [2.24, 2.45) is 0 Å². The first-order chi connectivity index (χ1) is 13.2. The molecule has 0 bridgehead atoms. The fourth-order valence-corrected chi connectivity index (χ4v) is 3.61. The number of benzene rings is 1. The fraction of sp³-hybridized carbons (Fsp3) is 0.474. The minimum Gasteiger partial charge on any atom is -0.466 e. The number of hydrogen-bond donors (Lipinski definition) is 1. The molecule has 0 aliphatic carbocycles. The molecule has 2 aliphatic rings. The molecule has 3 rings (SSSR count). The summed E-state index contributed by atoms with van der Waals surface area (Å²) in [5.74, 6) is -0.795. The average Bonchev–Trinajstić information content (AvgIpc) is 3.16. The van der Waals surface area contributed by atoms with E-state index >= 15 is 0 Å². The zero-order valence-electron chi connectivity index (χ0n) is 15.5. The van der Waals surface area contributed by atoms with Gasteiger partial charge in [-0.2, -0.15) is 13.2 Å². The number of rotatable bonds is 4. The van der Waals surface area contributed by atoms with Crippen LogP contribution < -0.4 is 5.32 Å². The normalized spacial score (nSPS) is 23.0. The summed E-state index contributed by atoms with van der Waals surface area (Å²) >= 11 is 0. The van der Waals surface area contributed by atoms with E-state index in [1.165, 1.54) is 30.0 Å². The summed E-state index contributed by atoms with van der Waals surface area (Å²) < 4.78 is 50.8. The summed E-state index contributed by atoms with van der Waals surface area (Å²) in [5, 5.41) is 2.54. The maximum atomic E-state index is 13.5. The van der Waals surface area contributed by atoms with Crippen LogP contribution in [0.4, 0.5) is 18.0 Å². The van der Waals surface area contributed by atoms with Crippen LogP contribution in [0.15, 0.2) is 35.5 Å². The van der Waals surface area contributed by atoms with Crippen LogP contribution in [0.1, 0.15) is 36.9 Å². The van der Waals surface area contributed by atoms with E-state index in [0.29, 0.717) is 6.61 Å². The van der Waals surface area contributed by atoms with E-state index in [1.807, 2.05) is 0 Å². The molecule has 9 heteroatoms. The number of alkyl halides is 3. The van der Waals surface area contributed by atoms with Crippen LogP contribution in [0.25, 0.3) is 0 Å². The molecule has 0 unspecified atom stereocenters. The second kappa shape index (κ2) is 7.83. The van der Waals surface area contributed by atoms with Gasteiger partial charge in [0, 0.05) is 12.3 Å². The quantitative estimate of drug-likeness (QED) is 0.790. The molecular weight excluding hydrogens is 377 g/mol. The molecule has 152 valence electrons. The maximum Gasteiger partial charge on any atom is 0.416 e. The summed E-state index contributed by atoms with van der Waals surface area (Å²) in [6, 6.07) is 3.01. The molecule has 2 amide bonds. The zero-order chi connectivity index (χ0) is 20.5. The van der Waals surface area contributed by atoms with Crippen molar-refractivity contribution in [1.82, 2.24) is 10.2 Å². The Morgan fingerprint density at radius 3 is 2.68 bits per heavy atom. The van der Waals surface area contributed by atoms with Crippen molar-refractivity contribution in [3.8, 4) is 0 Å². The first kappa shape index (κ1) is 20.2. The largest absolute Gasteiger partial charge is 0.466 e. The van der Waals surface area contributed by atoms with Crippen LogP contribution in [0.5, 0.6) is 0 Å². The smallest absolute Gasteiger partial charge is 0.416 e. The lowest BCUT2D eigenvalue weighted by Gasteiger charge is -2.36. The fourth-order valence-electron chi connectivity index (χ4n) is 3.61. The molecule has 0 radical (unpaired) electrons. The highest BCUT2D eigenvalue weighted by Crippen LogP contribution is 2.39. The molecule has 1 aromatic rings. The number of carbonyl (C=O) groups excluding carboxylic acids is 2. The van der Waals surface area contributed by atoms with E-state index in [1.54, 1.807) is 0 Å². The number of ether oxygens (including phenoxy) is 2. The van der Waals surface area contributed by atoms with Crippen molar-refractivity contribution < 1.29 is 32.2 Å². The van der Waals surface area contributed by atoms with Gasteiger partial charge in [-0.1, -0.05) is 18.2 Å². The van der Waals surface area contributed by atoms with Gasteiger partial charge in [0.25, 0.3) is 0 Å². The van der Waals surface area contributed by atoms with Gasteiger partial charge >= 0.3 is 18.2 Å². The van der Waals surface area contributed by atoms with Crippen molar-refractivity contribution in [1.29, 1.82) is 0 Å². The van der Waals surface area contributed by atoms with E-state index in [-0.39, 0.29) is 29.5 Å². The van der Waals surface area contributed by atoms with Gasteiger partial charge in [0.05, 0.1) is 36.9 Å². The monoisotopic (exact) mass is 398 g/mol. The summed E-state index contributed by atoms with van der Waals surface area (Å²) in [6.45, 7) is 2.34. The van der Waals surface area contributed by atoms with Crippen molar-refractivity contribution in [2.45, 2.75) is 38.1 Å². The Hall–Kier alpha value is -2.55. The van der Waals surface area contributed by atoms with Gasteiger partial charge in [-0.15, -0.1) is 0 Å². The van der Waals surface area contributed by atoms with Crippen LogP contribution in [0, 0.1) is 0 Å². The predicted molar refractivity (Wildman–Crippen MR) is 93.1 cm³/mol. The Bertz CT molecular complexity index is 801. The number of hydrogen-bond acceptors (Lipinski definition) is 4. The van der Waals surface area contributed by atoms with Crippen LogP contribution in [0.3, 0.4) is 0 Å². The lowest BCUT2D eigenvalue weighted by atomic mass is 9.91. The minimum atomic E-state index is -4.63. The van der Waals surface area contributed by atoms with Crippen LogP contribution >= 0.6 is 0 Å². The first-order valence-electron chi connectivity index (χ1n) is 8.89. The molecule has 0 aromatic heterocycles. The molecule has 1 N–H and O–H groups in total. The Kier molecular flexibility index (Phi) is 5.64. The zero-order valence-corrected chi connectivity index (χ0v) is 15.5. The molecular formula is C19H21F3N2O4. The third-order valence-electron chi connectivity index (χ3n) is 4.99. The van der Waals surface area contributed by atoms with E-state index in [4.69, 9.17) is 9.47 Å². The van der Waals surface area contributed by atoms with E-state index in [9.17, 15) is 22.8 Å². The Balaban J connectivity index is 2.06. The van der Waals surface area contributed by atoms with Gasteiger partial charge in [0.2, 0.25) is 0 Å². The number of nitrogens with zero attached hydrogens (tertiary/aromatic N) is 1. The van der Waals surface area contributed by atoms with Gasteiger partial charge in [-0.25, -0.2) is 9.59 Å². The molecule has 6 nitrogen and oxygen atoms in total. The number of urea groups is 1. The lowest BCUT2D eigenvalue weighted by Crippen LogP contribution is -2.50. The summed E-state index contributed by atoms with van der Waals surface area (Å²) in [4.78, 5) is 26.5. The topological polar surface area (TPSA) is 67.9 Å². The third-order valence-corrected chi connectivity index (χ3v) is 4.99. The van der Waals surface area contributed by atoms with Crippen molar-refractivity contribution in [3.63, 3.8) is 0 Å². The van der Waals surface area contributed by atoms with Gasteiger partial charge in [-0.3, -0.25) is 4.90 Å². The van der Waals surface area contributed by atoms with Gasteiger partial charge in [0.15, 0.2) is 0 Å². The molecule has 1 saturated heterocycles. The van der Waals surface area contributed by atoms with Crippen LogP contribution in [0.2, 0.25) is 0 Å². The van der Waals surface area contributed by atoms with Crippen molar-refractivity contribution >= 4 is 12.0 Å². The van der Waals surface area contributed by atoms with E-state index < -0.39 is 29.8 Å². The van der Waals surface area contributed by atoms with E-state index in [2.05, 4.69) is 5.32 Å². The van der Waals surface area contributed by atoms with Crippen LogP contribution in [-0.4, -0.2) is 43.3 Å². The highest BCUT2D eigenvalue weighted by atomic mass is 19.4. The SMILES string of the molecule is COC(=O)C1=C(C)N(C[C@H]2CCCO2)C(=O)N[C@@H]1c1ccccc1C(F)(F)F. The first-order valence-corrected chi connectivity index (χ1v) is 8.89. The van der Waals surface area contributed by atoms with Gasteiger partial charge in [0.1, 0.15) is 0 Å². The molecule has 0 spiro atoms. The molecule has 0 saturated carbocycles. The number of methoxy groups -OCH3 is 1. The Morgan fingerprint density at radius 1 is 1.36 bits per heavy atom. The molecule has 2 atom stereocenters. The third kappa shape index (κ3) is 3.84. The molecule has 2 aliphatic heterocycles. The maximum absolute atomic E-state index is 13.5. The second-order valence-electron chi connectivity index (χ2n) is 6.70. The number of carbonyl (C=O) groups is 2. The minimum absolute atomic E-state index is 0.0307. The number of allylic oxidation sites excluding steroid dienone is 1. The molecule has 1 fully saturated rings. The highest BCUT2D eigenvalue weighted by molar-refractivity contribution is 5.95. The number of esters is 1. The Labute approximate surface area is 160 Å².